The number of carbonyl (C=O) groups is 2. The van der Waals surface area contributed by atoms with Crippen LogP contribution in [0, 0.1) is 0 Å². The molecule has 2 N–H and O–H groups in total. The van der Waals surface area contributed by atoms with Gasteiger partial charge in [0.1, 0.15) is 0 Å². The van der Waals surface area contributed by atoms with E-state index in [2.05, 4.69) is 19.9 Å². The van der Waals surface area contributed by atoms with Gasteiger partial charge >= 0.3 is 11.9 Å². The van der Waals surface area contributed by atoms with Crippen LogP contribution in [0.15, 0.2) is 61.7 Å². The van der Waals surface area contributed by atoms with Crippen LogP contribution in [0.2, 0.25) is 6.32 Å². The predicted molar refractivity (Wildman–Crippen MR) is 123 cm³/mol. The molecule has 160 valence electrons. The number of ether oxygens (including phenoxy) is 2. The van der Waals surface area contributed by atoms with Crippen LogP contribution in [-0.4, -0.2) is 67.1 Å². The molecule has 0 atom stereocenters. The number of benzene rings is 1. The van der Waals surface area contributed by atoms with Gasteiger partial charge in [-0.1, -0.05) is 25.4 Å². The van der Waals surface area contributed by atoms with Crippen molar-refractivity contribution >= 4 is 33.9 Å². The summed E-state index contributed by atoms with van der Waals surface area (Å²) in [4.78, 5) is 35.9. The van der Waals surface area contributed by atoms with Crippen LogP contribution >= 0.6 is 0 Å². The first-order valence-corrected chi connectivity index (χ1v) is 9.77. The summed E-state index contributed by atoms with van der Waals surface area (Å²) in [5, 5.41) is 0. The molecule has 3 rings (SSSR count). The van der Waals surface area contributed by atoms with Crippen LogP contribution in [0.5, 0.6) is 0 Å². The van der Waals surface area contributed by atoms with Crippen molar-refractivity contribution in [3.05, 3.63) is 72.8 Å². The van der Waals surface area contributed by atoms with Crippen LogP contribution < -0.4 is 0 Å². The minimum absolute atomic E-state index is 0.239. The minimum Gasteiger partial charge on any atom is -0.462 e. The Morgan fingerprint density at radius 1 is 0.903 bits per heavy atom. The Morgan fingerprint density at radius 3 is 1.55 bits per heavy atom. The summed E-state index contributed by atoms with van der Waals surface area (Å²) in [6.07, 6.45) is 11.2. The number of aromatic nitrogens is 4. The number of esters is 2. The van der Waals surface area contributed by atoms with Crippen molar-refractivity contribution in [3.63, 3.8) is 0 Å². The summed E-state index contributed by atoms with van der Waals surface area (Å²) in [5.74, 6) is -1.02. The number of rotatable bonds is 6. The van der Waals surface area contributed by atoms with E-state index in [1.54, 1.807) is 82.6 Å². The maximum atomic E-state index is 11.5. The molecule has 2 aromatic heterocycles. The van der Waals surface area contributed by atoms with Crippen LogP contribution in [0.3, 0.4) is 0 Å². The first-order chi connectivity index (χ1) is 15.1. The lowest BCUT2D eigenvalue weighted by Gasteiger charge is -2.07. The first kappa shape index (κ1) is 27.8. The van der Waals surface area contributed by atoms with Crippen molar-refractivity contribution in [3.8, 4) is 0 Å². The summed E-state index contributed by atoms with van der Waals surface area (Å²) in [5.41, 5.74) is 0.477. The topological polar surface area (TPSA) is 110 Å². The zero-order valence-corrected chi connectivity index (χ0v) is 18.2. The van der Waals surface area contributed by atoms with Crippen LogP contribution in [0.4, 0.5) is 0 Å². The number of H-pyrrole nitrogens is 2. The van der Waals surface area contributed by atoms with Gasteiger partial charge in [-0.25, -0.2) is 19.6 Å². The smallest absolute Gasteiger partial charge is 0.338 e. The average molecular weight is 420 g/mol. The van der Waals surface area contributed by atoms with E-state index in [0.717, 1.165) is 6.32 Å². The van der Waals surface area contributed by atoms with Crippen molar-refractivity contribution < 1.29 is 19.1 Å². The third-order valence-corrected chi connectivity index (χ3v) is 3.10. The highest BCUT2D eigenvalue weighted by Crippen LogP contribution is 2.11. The molecule has 8 nitrogen and oxygen atoms in total. The van der Waals surface area contributed by atoms with Crippen LogP contribution in [-0.2, 0) is 9.47 Å². The highest BCUT2D eigenvalue weighted by Gasteiger charge is 2.17. The molecule has 0 saturated carbocycles. The molecular weight excluding hydrogens is 393 g/mol. The maximum Gasteiger partial charge on any atom is 0.338 e. The van der Waals surface area contributed by atoms with Gasteiger partial charge in [0, 0.05) is 39.6 Å². The SMILES string of the molecule is CCOC(=O)c1ccccc1C(=O)OCC.[B][B][B]CC.c1c[nH]cn1.c1c[nH]cn1. The fraction of sp³-hybridized carbons (Fsp3) is 0.300. The molecule has 0 amide bonds. The molecule has 4 radical (unpaired) electrons. The summed E-state index contributed by atoms with van der Waals surface area (Å²) in [6.45, 7) is 6.02. The number of aromatic amines is 2. The number of imidazole rings is 2. The standard InChI is InChI=1S/C12H14O4.2C3H4N2.C2H5B3/c1-3-15-11(13)9-7-5-6-8-10(9)12(14)16-4-2;2*1-2-5-3-4-1;1-2-4-5-3/h5-8H,3-4H2,1-2H3;2*1-3H,(H,4,5);2H2,1H3. The molecule has 0 aliphatic carbocycles. The molecule has 0 unspecified atom stereocenters. The Morgan fingerprint density at radius 2 is 1.35 bits per heavy atom. The van der Waals surface area contributed by atoms with Crippen molar-refractivity contribution in [1.82, 2.24) is 19.9 Å². The molecule has 0 spiro atoms. The van der Waals surface area contributed by atoms with Crippen molar-refractivity contribution in [1.29, 1.82) is 0 Å². The molecule has 0 fully saturated rings. The normalized spacial score (nSPS) is 8.61. The molecule has 11 heteroatoms. The third kappa shape index (κ3) is 14.4. The second-order valence-electron chi connectivity index (χ2n) is 5.34. The molecule has 0 saturated heterocycles. The highest BCUT2D eigenvalue weighted by molar-refractivity contribution is 7.23. The van der Waals surface area contributed by atoms with E-state index in [9.17, 15) is 9.59 Å². The van der Waals surface area contributed by atoms with Gasteiger partial charge in [0.15, 0.2) is 0 Å². The Hall–Kier alpha value is -3.23. The number of carbonyl (C=O) groups excluding carboxylic acids is 2. The molecule has 3 aromatic rings. The van der Waals surface area contributed by atoms with Gasteiger partial charge in [-0.3, -0.25) is 0 Å². The first-order valence-electron chi connectivity index (χ1n) is 9.77. The third-order valence-electron chi connectivity index (χ3n) is 3.10. The van der Waals surface area contributed by atoms with Gasteiger partial charge < -0.3 is 19.4 Å². The highest BCUT2D eigenvalue weighted by atomic mass is 16.5. The monoisotopic (exact) mass is 420 g/mol. The summed E-state index contributed by atoms with van der Waals surface area (Å²) in [6, 6.07) is 6.44. The Kier molecular flexibility index (Phi) is 18.0. The lowest BCUT2D eigenvalue weighted by molar-refractivity contribution is 0.0479. The molecule has 0 aliphatic heterocycles. The van der Waals surface area contributed by atoms with Gasteiger partial charge in [0.05, 0.1) is 44.2 Å². The van der Waals surface area contributed by atoms with E-state index < -0.39 is 11.9 Å². The molecule has 2 heterocycles. The minimum atomic E-state index is -0.508. The largest absolute Gasteiger partial charge is 0.462 e. The fourth-order valence-corrected chi connectivity index (χ4v) is 1.82. The van der Waals surface area contributed by atoms with E-state index in [4.69, 9.17) is 17.2 Å². The summed E-state index contributed by atoms with van der Waals surface area (Å²) in [7, 11) is 8.42. The van der Waals surface area contributed by atoms with Crippen molar-refractivity contribution in [2.75, 3.05) is 13.2 Å². The van der Waals surface area contributed by atoms with Gasteiger partial charge in [-0.2, -0.15) is 0 Å². The molecule has 0 aliphatic rings. The quantitative estimate of drug-likeness (QED) is 0.469. The second-order valence-corrected chi connectivity index (χ2v) is 5.34. The van der Waals surface area contributed by atoms with E-state index in [1.165, 1.54) is 0 Å². The maximum absolute atomic E-state index is 11.5. The fourth-order valence-electron chi connectivity index (χ4n) is 1.82. The zero-order valence-electron chi connectivity index (χ0n) is 18.2. The lowest BCUT2D eigenvalue weighted by atomic mass is 9.27. The number of nitrogens with zero attached hydrogens (tertiary/aromatic N) is 2. The molecular formula is C20H27B3N4O4. The predicted octanol–water partition coefficient (Wildman–Crippen LogP) is 2.69. The Bertz CT molecular complexity index is 688. The van der Waals surface area contributed by atoms with Gasteiger partial charge in [0.2, 0.25) is 0 Å². The number of hydrogen-bond donors (Lipinski definition) is 2. The molecule has 0 bridgehead atoms. The van der Waals surface area contributed by atoms with E-state index >= 15 is 0 Å². The molecule has 31 heavy (non-hydrogen) atoms. The van der Waals surface area contributed by atoms with Crippen molar-refractivity contribution in [2.24, 2.45) is 0 Å². The number of hydrogen-bond acceptors (Lipinski definition) is 6. The number of nitrogens with one attached hydrogen (secondary N) is 2. The van der Waals surface area contributed by atoms with Crippen molar-refractivity contribution in [2.45, 2.75) is 27.1 Å². The van der Waals surface area contributed by atoms with Gasteiger partial charge in [-0.15, -0.1) is 0 Å². The summed E-state index contributed by atoms with van der Waals surface area (Å²) >= 11 is 0. The van der Waals surface area contributed by atoms with Crippen LogP contribution in [0.25, 0.3) is 0 Å². The summed E-state index contributed by atoms with van der Waals surface area (Å²) < 4.78 is 9.70. The van der Waals surface area contributed by atoms with Gasteiger partial charge in [-0.05, 0) is 26.0 Å². The second kappa shape index (κ2) is 20.1. The molecule has 1 aromatic carbocycles. The Balaban J connectivity index is 0.000000482. The zero-order chi connectivity index (χ0) is 23.2. The van der Waals surface area contributed by atoms with E-state index in [1.807, 2.05) is 14.1 Å². The van der Waals surface area contributed by atoms with E-state index in [-0.39, 0.29) is 24.3 Å². The lowest BCUT2D eigenvalue weighted by Crippen LogP contribution is -2.13. The van der Waals surface area contributed by atoms with Crippen LogP contribution in [0.1, 0.15) is 41.5 Å². The van der Waals surface area contributed by atoms with E-state index in [0.29, 0.717) is 0 Å². The van der Waals surface area contributed by atoms with Gasteiger partial charge in [0.25, 0.3) is 0 Å². The Labute approximate surface area is 186 Å². The average Bonchev–Trinajstić information content (AvgIpc) is 3.54.